The number of benzene rings is 1. The molecule has 0 radical (unpaired) electrons. The molecule has 2 rings (SSSR count). The van der Waals surface area contributed by atoms with Crippen LogP contribution in [-0.4, -0.2) is 37.5 Å². The van der Waals surface area contributed by atoms with Gasteiger partial charge in [0, 0.05) is 31.0 Å². The van der Waals surface area contributed by atoms with Gasteiger partial charge in [0.15, 0.2) is 0 Å². The van der Waals surface area contributed by atoms with Crippen LogP contribution in [0, 0.1) is 0 Å². The van der Waals surface area contributed by atoms with E-state index in [2.05, 4.69) is 9.71 Å². The van der Waals surface area contributed by atoms with Crippen molar-refractivity contribution in [1.29, 1.82) is 0 Å². The van der Waals surface area contributed by atoms with E-state index in [0.717, 1.165) is 11.8 Å². The third kappa shape index (κ3) is 5.22. The smallest absolute Gasteiger partial charge is 0.253 e. The van der Waals surface area contributed by atoms with Crippen molar-refractivity contribution in [3.63, 3.8) is 0 Å². The topological polar surface area (TPSA) is 79.4 Å². The summed E-state index contributed by atoms with van der Waals surface area (Å²) in [5.41, 5.74) is 1.58. The van der Waals surface area contributed by atoms with Crippen LogP contribution in [0.15, 0.2) is 42.6 Å². The van der Waals surface area contributed by atoms with Gasteiger partial charge >= 0.3 is 0 Å². The highest BCUT2D eigenvalue weighted by molar-refractivity contribution is 7.92. The van der Waals surface area contributed by atoms with Gasteiger partial charge in [-0.25, -0.2) is 13.4 Å². The first kappa shape index (κ1) is 17.2. The van der Waals surface area contributed by atoms with Gasteiger partial charge in [-0.3, -0.25) is 9.52 Å². The van der Waals surface area contributed by atoms with Gasteiger partial charge in [-0.05, 0) is 29.8 Å². The Bertz CT molecular complexity index is 807. The Hall–Kier alpha value is -2.12. The van der Waals surface area contributed by atoms with Gasteiger partial charge in [0.05, 0.1) is 6.26 Å². The van der Waals surface area contributed by atoms with Crippen LogP contribution in [-0.2, 0) is 16.6 Å². The molecular weight excluding hydrogens is 338 g/mol. The number of rotatable bonds is 5. The number of hydrogen-bond acceptors (Lipinski definition) is 4. The van der Waals surface area contributed by atoms with E-state index in [9.17, 15) is 13.2 Å². The second kappa shape index (κ2) is 6.97. The van der Waals surface area contributed by atoms with Gasteiger partial charge in [-0.2, -0.15) is 0 Å². The zero-order valence-electron chi connectivity index (χ0n) is 12.7. The Morgan fingerprint density at radius 2 is 2.04 bits per heavy atom. The average Bonchev–Trinajstić information content (AvgIpc) is 2.47. The number of carbonyl (C=O) groups excluding carboxylic acids is 1. The van der Waals surface area contributed by atoms with Gasteiger partial charge in [-0.1, -0.05) is 23.7 Å². The number of nitrogens with one attached hydrogen (secondary N) is 1. The van der Waals surface area contributed by atoms with Gasteiger partial charge in [-0.15, -0.1) is 0 Å². The summed E-state index contributed by atoms with van der Waals surface area (Å²) in [5, 5.41) is 0.391. The van der Waals surface area contributed by atoms with Crippen LogP contribution in [0.25, 0.3) is 0 Å². The lowest BCUT2D eigenvalue weighted by Crippen LogP contribution is -2.26. The summed E-state index contributed by atoms with van der Waals surface area (Å²) in [7, 11) is -1.73. The van der Waals surface area contributed by atoms with E-state index in [1.54, 1.807) is 43.6 Å². The molecule has 1 aromatic heterocycles. The predicted octanol–water partition coefficient (Wildman–Crippen LogP) is 2.38. The molecule has 2 aromatic rings. The molecule has 0 atom stereocenters. The molecule has 0 aliphatic heterocycles. The number of pyridine rings is 1. The molecule has 122 valence electrons. The molecule has 0 fully saturated rings. The molecular formula is C15H16ClN3O3S. The maximum absolute atomic E-state index is 12.4. The Morgan fingerprint density at radius 3 is 2.65 bits per heavy atom. The van der Waals surface area contributed by atoms with Crippen LogP contribution >= 0.6 is 11.6 Å². The second-order valence-corrected chi connectivity index (χ2v) is 7.24. The van der Waals surface area contributed by atoms with Crippen molar-refractivity contribution in [3.05, 3.63) is 58.9 Å². The van der Waals surface area contributed by atoms with Crippen molar-refractivity contribution in [2.24, 2.45) is 0 Å². The zero-order valence-corrected chi connectivity index (χ0v) is 14.2. The standard InChI is InChI=1S/C15H16ClN3O3S/c1-19(10-11-6-7-14(16)17-9-11)15(20)12-4-3-5-13(8-12)18-23(2,21)22/h3-9,18H,10H2,1-2H3. The number of halogens is 1. The molecule has 0 bridgehead atoms. The van der Waals surface area contributed by atoms with Gasteiger partial charge in [0.25, 0.3) is 5.91 Å². The normalized spacial score (nSPS) is 11.1. The lowest BCUT2D eigenvalue weighted by molar-refractivity contribution is 0.0785. The molecule has 23 heavy (non-hydrogen) atoms. The van der Waals surface area contributed by atoms with Crippen molar-refractivity contribution in [1.82, 2.24) is 9.88 Å². The predicted molar refractivity (Wildman–Crippen MR) is 90.0 cm³/mol. The summed E-state index contributed by atoms with van der Waals surface area (Å²) in [6.45, 7) is 0.368. The van der Waals surface area contributed by atoms with Crippen LogP contribution in [0.4, 0.5) is 5.69 Å². The average molecular weight is 354 g/mol. The number of amides is 1. The van der Waals surface area contributed by atoms with Crippen molar-refractivity contribution in [2.75, 3.05) is 18.0 Å². The number of hydrogen-bond donors (Lipinski definition) is 1. The molecule has 0 aliphatic rings. The molecule has 6 nitrogen and oxygen atoms in total. The minimum Gasteiger partial charge on any atom is -0.337 e. The fourth-order valence-electron chi connectivity index (χ4n) is 2.00. The molecule has 1 heterocycles. The number of sulfonamides is 1. The lowest BCUT2D eigenvalue weighted by atomic mass is 10.1. The van der Waals surface area contributed by atoms with E-state index in [0.29, 0.717) is 22.9 Å². The first-order chi connectivity index (χ1) is 10.7. The lowest BCUT2D eigenvalue weighted by Gasteiger charge is -2.17. The number of aromatic nitrogens is 1. The van der Waals surface area contributed by atoms with Crippen molar-refractivity contribution >= 4 is 33.2 Å². The maximum Gasteiger partial charge on any atom is 0.253 e. The van der Waals surface area contributed by atoms with E-state index in [4.69, 9.17) is 11.6 Å². The minimum absolute atomic E-state index is 0.225. The Balaban J connectivity index is 2.13. The molecule has 1 amide bonds. The van der Waals surface area contributed by atoms with Gasteiger partial charge < -0.3 is 4.90 Å². The summed E-state index contributed by atoms with van der Waals surface area (Å²) in [5.74, 6) is -0.225. The van der Waals surface area contributed by atoms with Gasteiger partial charge in [0.2, 0.25) is 10.0 Å². The van der Waals surface area contributed by atoms with Crippen molar-refractivity contribution < 1.29 is 13.2 Å². The zero-order chi connectivity index (χ0) is 17.0. The minimum atomic E-state index is -3.39. The molecule has 1 N–H and O–H groups in total. The van der Waals surface area contributed by atoms with E-state index in [1.165, 1.54) is 11.0 Å². The Labute approximate surface area is 140 Å². The summed E-state index contributed by atoms with van der Waals surface area (Å²) in [6, 6.07) is 9.79. The van der Waals surface area contributed by atoms with Crippen molar-refractivity contribution in [2.45, 2.75) is 6.54 Å². The molecule has 0 aliphatic carbocycles. The number of anilines is 1. The van der Waals surface area contributed by atoms with Crippen LogP contribution in [0.2, 0.25) is 5.15 Å². The monoisotopic (exact) mass is 353 g/mol. The third-order valence-corrected chi connectivity index (χ3v) is 3.80. The van der Waals surface area contributed by atoms with Crippen LogP contribution in [0.3, 0.4) is 0 Å². The highest BCUT2D eigenvalue weighted by Crippen LogP contribution is 2.15. The molecule has 1 aromatic carbocycles. The summed E-state index contributed by atoms with van der Waals surface area (Å²) >= 11 is 5.73. The van der Waals surface area contributed by atoms with E-state index < -0.39 is 10.0 Å². The van der Waals surface area contributed by atoms with Crippen molar-refractivity contribution in [3.8, 4) is 0 Å². The highest BCUT2D eigenvalue weighted by atomic mass is 35.5. The third-order valence-electron chi connectivity index (χ3n) is 2.97. The molecule has 8 heteroatoms. The van der Waals surface area contributed by atoms with Crippen LogP contribution in [0.5, 0.6) is 0 Å². The second-order valence-electron chi connectivity index (χ2n) is 5.11. The Kier molecular flexibility index (Phi) is 5.23. The molecule has 0 unspecified atom stereocenters. The number of carbonyl (C=O) groups is 1. The quantitative estimate of drug-likeness (QED) is 0.837. The fourth-order valence-corrected chi connectivity index (χ4v) is 2.66. The van der Waals surface area contributed by atoms with E-state index >= 15 is 0 Å². The number of nitrogens with zero attached hydrogens (tertiary/aromatic N) is 2. The maximum atomic E-state index is 12.4. The molecule has 0 spiro atoms. The SMILES string of the molecule is CN(Cc1ccc(Cl)nc1)C(=O)c1cccc(NS(C)(=O)=O)c1. The first-order valence-electron chi connectivity index (χ1n) is 6.68. The summed E-state index contributed by atoms with van der Waals surface area (Å²) in [6.07, 6.45) is 2.66. The first-order valence-corrected chi connectivity index (χ1v) is 8.95. The fraction of sp³-hybridized carbons (Fsp3) is 0.200. The van der Waals surface area contributed by atoms with Crippen LogP contribution < -0.4 is 4.72 Å². The largest absolute Gasteiger partial charge is 0.337 e. The van der Waals surface area contributed by atoms with Crippen LogP contribution in [0.1, 0.15) is 15.9 Å². The van der Waals surface area contributed by atoms with E-state index in [-0.39, 0.29) is 5.91 Å². The van der Waals surface area contributed by atoms with Gasteiger partial charge in [0.1, 0.15) is 5.15 Å². The summed E-state index contributed by atoms with van der Waals surface area (Å²) in [4.78, 5) is 17.9. The highest BCUT2D eigenvalue weighted by Gasteiger charge is 2.13. The molecule has 0 saturated heterocycles. The van der Waals surface area contributed by atoms with E-state index in [1.807, 2.05) is 0 Å². The Morgan fingerprint density at radius 1 is 1.30 bits per heavy atom. The molecule has 0 saturated carbocycles. The summed E-state index contributed by atoms with van der Waals surface area (Å²) < 4.78 is 24.9.